The zero-order chi connectivity index (χ0) is 12.6. The van der Waals surface area contributed by atoms with Crippen molar-refractivity contribution in [1.82, 2.24) is 9.97 Å². The Kier molecular flexibility index (Phi) is 2.72. The molecule has 4 N–H and O–H groups in total. The largest absolute Gasteiger partial charge is 0.379 e. The Morgan fingerprint density at radius 2 is 2.06 bits per heavy atom. The summed E-state index contributed by atoms with van der Waals surface area (Å²) in [6.07, 6.45) is 2.02. The molecule has 0 saturated carbocycles. The fourth-order valence-electron chi connectivity index (χ4n) is 2.61. The van der Waals surface area contributed by atoms with Crippen LogP contribution in [0.2, 0.25) is 0 Å². The Labute approximate surface area is 104 Å². The third kappa shape index (κ3) is 1.76. The van der Waals surface area contributed by atoms with Gasteiger partial charge in [-0.3, -0.25) is 0 Å². The molecule has 0 amide bonds. The summed E-state index contributed by atoms with van der Waals surface area (Å²) < 4.78 is 5.39. The number of aromatic amines is 2. The second-order valence-electron chi connectivity index (χ2n) is 5.00. The first-order valence-corrected chi connectivity index (χ1v) is 6.24. The summed E-state index contributed by atoms with van der Waals surface area (Å²) in [6, 6.07) is 6.07. The van der Waals surface area contributed by atoms with Crippen molar-refractivity contribution in [3.63, 3.8) is 0 Å². The molecule has 0 atom stereocenters. The minimum Gasteiger partial charge on any atom is -0.379 e. The average Bonchev–Trinajstić information content (AvgIpc) is 2.67. The SMILES string of the molecule is NCCCC1(c2ccc3[nH]c(=O)[nH]c3c2)COC1. The second-order valence-corrected chi connectivity index (χ2v) is 5.00. The van der Waals surface area contributed by atoms with Crippen LogP contribution in [0.15, 0.2) is 23.0 Å². The predicted molar refractivity (Wildman–Crippen MR) is 69.7 cm³/mol. The highest BCUT2D eigenvalue weighted by Gasteiger charge is 2.39. The van der Waals surface area contributed by atoms with E-state index < -0.39 is 0 Å². The smallest absolute Gasteiger partial charge is 0.323 e. The van der Waals surface area contributed by atoms with Crippen molar-refractivity contribution in [2.45, 2.75) is 18.3 Å². The summed E-state index contributed by atoms with van der Waals surface area (Å²) in [5.41, 5.74) is 8.44. The molecule has 1 aromatic carbocycles. The van der Waals surface area contributed by atoms with Crippen molar-refractivity contribution in [2.24, 2.45) is 5.73 Å². The van der Waals surface area contributed by atoms with Gasteiger partial charge >= 0.3 is 5.69 Å². The van der Waals surface area contributed by atoms with E-state index in [1.165, 1.54) is 5.56 Å². The average molecular weight is 247 g/mol. The van der Waals surface area contributed by atoms with Gasteiger partial charge in [-0.05, 0) is 37.1 Å². The topological polar surface area (TPSA) is 83.9 Å². The maximum absolute atomic E-state index is 11.3. The molecule has 96 valence electrons. The molecule has 2 aromatic rings. The van der Waals surface area contributed by atoms with Gasteiger partial charge in [0.05, 0.1) is 24.2 Å². The number of nitrogens with one attached hydrogen (secondary N) is 2. The predicted octanol–water partition coefficient (Wildman–Crippen LogP) is 0.863. The molecule has 0 radical (unpaired) electrons. The van der Waals surface area contributed by atoms with Crippen molar-refractivity contribution < 1.29 is 4.74 Å². The zero-order valence-electron chi connectivity index (χ0n) is 10.2. The Balaban J connectivity index is 1.99. The highest BCUT2D eigenvalue weighted by molar-refractivity contribution is 5.75. The van der Waals surface area contributed by atoms with E-state index in [1.54, 1.807) is 0 Å². The Morgan fingerprint density at radius 3 is 2.72 bits per heavy atom. The number of H-pyrrole nitrogens is 2. The van der Waals surface area contributed by atoms with E-state index >= 15 is 0 Å². The van der Waals surface area contributed by atoms with Crippen LogP contribution in [0.25, 0.3) is 11.0 Å². The number of hydrogen-bond acceptors (Lipinski definition) is 3. The van der Waals surface area contributed by atoms with Gasteiger partial charge in [0, 0.05) is 5.41 Å². The molecule has 18 heavy (non-hydrogen) atoms. The number of ether oxygens (including phenoxy) is 1. The minimum atomic E-state index is -0.164. The van der Waals surface area contributed by atoms with Gasteiger partial charge in [0.15, 0.2) is 0 Å². The highest BCUT2D eigenvalue weighted by Crippen LogP contribution is 2.37. The first-order chi connectivity index (χ1) is 8.73. The number of nitrogens with two attached hydrogens (primary N) is 1. The minimum absolute atomic E-state index is 0.0850. The van der Waals surface area contributed by atoms with Crippen molar-refractivity contribution in [3.8, 4) is 0 Å². The summed E-state index contributed by atoms with van der Waals surface area (Å²) >= 11 is 0. The lowest BCUT2D eigenvalue weighted by Crippen LogP contribution is -2.47. The van der Waals surface area contributed by atoms with Crippen LogP contribution in [-0.2, 0) is 10.2 Å². The van der Waals surface area contributed by atoms with Crippen molar-refractivity contribution >= 4 is 11.0 Å². The summed E-state index contributed by atoms with van der Waals surface area (Å²) in [5, 5.41) is 0. The summed E-state index contributed by atoms with van der Waals surface area (Å²) in [6.45, 7) is 2.19. The van der Waals surface area contributed by atoms with E-state index in [2.05, 4.69) is 16.0 Å². The van der Waals surface area contributed by atoms with Gasteiger partial charge in [-0.15, -0.1) is 0 Å². The molecule has 1 aliphatic heterocycles. The van der Waals surface area contributed by atoms with Crippen LogP contribution in [0.4, 0.5) is 0 Å². The molecule has 2 heterocycles. The maximum atomic E-state index is 11.3. The van der Waals surface area contributed by atoms with E-state index in [1.807, 2.05) is 12.1 Å². The van der Waals surface area contributed by atoms with E-state index in [9.17, 15) is 4.79 Å². The van der Waals surface area contributed by atoms with Gasteiger partial charge in [0.1, 0.15) is 0 Å². The molecule has 1 fully saturated rings. The molecule has 3 rings (SSSR count). The quantitative estimate of drug-likeness (QED) is 0.749. The number of aromatic nitrogens is 2. The van der Waals surface area contributed by atoms with Crippen LogP contribution < -0.4 is 11.4 Å². The molecule has 1 saturated heterocycles. The van der Waals surface area contributed by atoms with Gasteiger partial charge in [-0.1, -0.05) is 6.07 Å². The number of benzene rings is 1. The first kappa shape index (κ1) is 11.5. The molecular formula is C13H17N3O2. The van der Waals surface area contributed by atoms with Crippen molar-refractivity contribution in [2.75, 3.05) is 19.8 Å². The Morgan fingerprint density at radius 1 is 1.28 bits per heavy atom. The number of rotatable bonds is 4. The Hall–Kier alpha value is -1.59. The second kappa shape index (κ2) is 4.26. The van der Waals surface area contributed by atoms with E-state index in [0.29, 0.717) is 6.54 Å². The fraction of sp³-hybridized carbons (Fsp3) is 0.462. The molecule has 0 bridgehead atoms. The van der Waals surface area contributed by atoms with Crippen molar-refractivity contribution in [3.05, 3.63) is 34.2 Å². The van der Waals surface area contributed by atoms with Crippen LogP contribution in [-0.4, -0.2) is 29.7 Å². The van der Waals surface area contributed by atoms with Crippen LogP contribution in [0.1, 0.15) is 18.4 Å². The molecule has 5 heteroatoms. The maximum Gasteiger partial charge on any atom is 0.323 e. The molecule has 5 nitrogen and oxygen atoms in total. The van der Waals surface area contributed by atoms with Gasteiger partial charge in [-0.25, -0.2) is 4.79 Å². The lowest BCUT2D eigenvalue weighted by atomic mass is 9.75. The monoisotopic (exact) mass is 247 g/mol. The Bertz CT molecular complexity index is 610. The van der Waals surface area contributed by atoms with E-state index in [0.717, 1.165) is 37.1 Å². The molecule has 0 spiro atoms. The van der Waals surface area contributed by atoms with Crippen LogP contribution in [0.3, 0.4) is 0 Å². The highest BCUT2D eigenvalue weighted by atomic mass is 16.5. The zero-order valence-corrected chi connectivity index (χ0v) is 10.2. The summed E-state index contributed by atoms with van der Waals surface area (Å²) in [4.78, 5) is 16.8. The van der Waals surface area contributed by atoms with E-state index in [-0.39, 0.29) is 11.1 Å². The third-order valence-electron chi connectivity index (χ3n) is 3.74. The normalized spacial score (nSPS) is 17.8. The molecule has 1 aromatic heterocycles. The molecule has 0 aliphatic carbocycles. The van der Waals surface area contributed by atoms with Crippen LogP contribution in [0, 0.1) is 0 Å². The number of imidazole rings is 1. The van der Waals surface area contributed by atoms with Gasteiger partial charge < -0.3 is 20.4 Å². The van der Waals surface area contributed by atoms with Crippen molar-refractivity contribution in [1.29, 1.82) is 0 Å². The molecule has 0 unspecified atom stereocenters. The lowest BCUT2D eigenvalue weighted by molar-refractivity contribution is -0.0648. The summed E-state index contributed by atoms with van der Waals surface area (Å²) in [5.74, 6) is 0. The standard InChI is InChI=1S/C13H17N3O2/c14-5-1-4-13(7-18-8-13)9-2-3-10-11(6-9)16-12(17)15-10/h2-3,6H,1,4-5,7-8,14H2,(H2,15,16,17). The number of hydrogen-bond donors (Lipinski definition) is 3. The summed E-state index contributed by atoms with van der Waals surface area (Å²) in [7, 11) is 0. The molecular weight excluding hydrogens is 230 g/mol. The van der Waals surface area contributed by atoms with E-state index in [4.69, 9.17) is 10.5 Å². The fourth-order valence-corrected chi connectivity index (χ4v) is 2.61. The molecule has 1 aliphatic rings. The van der Waals surface area contributed by atoms with Gasteiger partial charge in [0.25, 0.3) is 0 Å². The van der Waals surface area contributed by atoms with Crippen LogP contribution in [0.5, 0.6) is 0 Å². The first-order valence-electron chi connectivity index (χ1n) is 6.24. The van der Waals surface area contributed by atoms with Gasteiger partial charge in [-0.2, -0.15) is 0 Å². The third-order valence-corrected chi connectivity index (χ3v) is 3.74. The lowest BCUT2D eigenvalue weighted by Gasteiger charge is -2.42. The number of fused-ring (bicyclic) bond motifs is 1. The van der Waals surface area contributed by atoms with Crippen LogP contribution >= 0.6 is 0 Å². The van der Waals surface area contributed by atoms with Gasteiger partial charge in [0.2, 0.25) is 0 Å².